The number of ketones is 1. The molecular weight excluding hydrogens is 1380 g/mol. The van der Waals surface area contributed by atoms with Crippen LogP contribution in [-0.4, -0.2) is 118 Å². The van der Waals surface area contributed by atoms with Crippen molar-refractivity contribution in [2.45, 2.75) is 177 Å². The molecule has 18 nitrogen and oxygen atoms in total. The second kappa shape index (κ2) is 28.8. The molecule has 536 valence electrons. The van der Waals surface area contributed by atoms with Crippen molar-refractivity contribution in [3.8, 4) is 50.6 Å². The van der Waals surface area contributed by atoms with Crippen molar-refractivity contribution in [3.63, 3.8) is 0 Å². The van der Waals surface area contributed by atoms with Crippen molar-refractivity contribution in [3.05, 3.63) is 237 Å². The Hall–Kier alpha value is -7.57. The number of nitrogens with one attached hydrogen (secondary N) is 2. The summed E-state index contributed by atoms with van der Waals surface area (Å²) in [6.45, 7) is 11.9. The monoisotopic (exact) mass is 1470 g/mol. The highest BCUT2D eigenvalue weighted by Crippen LogP contribution is 2.51. The van der Waals surface area contributed by atoms with E-state index >= 15 is 33.7 Å². The van der Waals surface area contributed by atoms with Crippen LogP contribution in [0.4, 0.5) is 0 Å². The molecule has 6 unspecified atom stereocenters. The Bertz CT molecular complexity index is 5250. The van der Waals surface area contributed by atoms with Crippen molar-refractivity contribution in [2.75, 3.05) is 6.26 Å². The zero-order valence-corrected chi connectivity index (χ0v) is 63.0. The van der Waals surface area contributed by atoms with Crippen molar-refractivity contribution in [1.82, 2.24) is 22.4 Å². The summed E-state index contributed by atoms with van der Waals surface area (Å²) in [7, 11) is -24.1. The van der Waals surface area contributed by atoms with Crippen LogP contribution in [0.15, 0.2) is 170 Å². The van der Waals surface area contributed by atoms with Gasteiger partial charge in [-0.1, -0.05) is 146 Å². The van der Waals surface area contributed by atoms with E-state index in [9.17, 15) is 18.5 Å². The SMILES string of the molecule is CC(=O)Cc1cccc(-c2ccc3c(c2)CC(N(C(C(C)S(=O)(=O)NC2Cc4ccc(-c5cccc(CNS(C)(=O)=O)c5)cc4C2)(N(C2Cc4ccc(-c5cccc(C#N)c5)cc4C2)S(=O)(=O)C(C)C)N(C2Cc4ccc(-c5cccc(CN)c5)cc4C2)S(=O)(=O)C(C)C)S(=O)(=O)C(C)C)C3)c1. The average Bonchev–Trinajstić information content (AvgIpc) is 1.15. The minimum absolute atomic E-state index is 0.0223. The predicted octanol–water partition coefficient (Wildman–Crippen LogP) is 10.9. The summed E-state index contributed by atoms with van der Waals surface area (Å²) in [6.07, 6.45) is 1.06. The van der Waals surface area contributed by atoms with Crippen molar-refractivity contribution in [2.24, 2.45) is 5.73 Å². The van der Waals surface area contributed by atoms with Crippen LogP contribution in [-0.2, 0) is 126 Å². The van der Waals surface area contributed by atoms with Crippen LogP contribution in [0, 0.1) is 11.3 Å². The first-order valence-electron chi connectivity index (χ1n) is 34.7. The number of nitrogens with two attached hydrogens (primary N) is 1. The molecule has 0 bridgehead atoms. The molecule has 23 heteroatoms. The number of hydrogen-bond acceptors (Lipinski definition) is 13. The lowest BCUT2D eigenvalue weighted by Crippen LogP contribution is -2.84. The Morgan fingerprint density at radius 1 is 0.461 bits per heavy atom. The number of carbonyl (C=O) groups excluding carboxylic acids is 1. The molecule has 4 aliphatic carbocycles. The number of sulfonamides is 5. The third kappa shape index (κ3) is 14.7. The van der Waals surface area contributed by atoms with E-state index in [1.165, 1.54) is 55.4 Å². The number of carbonyl (C=O) groups is 1. The van der Waals surface area contributed by atoms with Crippen molar-refractivity contribution >= 4 is 55.9 Å². The Morgan fingerprint density at radius 3 is 1.19 bits per heavy atom. The topological polar surface area (TPSA) is 271 Å². The molecule has 102 heavy (non-hydrogen) atoms. The van der Waals surface area contributed by atoms with Crippen LogP contribution in [0.25, 0.3) is 44.5 Å². The zero-order valence-electron chi connectivity index (χ0n) is 59.0. The largest absolute Gasteiger partial charge is 0.326 e. The van der Waals surface area contributed by atoms with E-state index in [1.807, 2.05) is 152 Å². The molecule has 4 N–H and O–H groups in total. The molecule has 0 heterocycles. The molecule has 0 spiro atoms. The summed E-state index contributed by atoms with van der Waals surface area (Å²) < 4.78 is 170. The second-order valence-electron chi connectivity index (χ2n) is 28.9. The molecular formula is C79H89N7O11S5. The van der Waals surface area contributed by atoms with E-state index in [1.54, 1.807) is 18.2 Å². The Labute approximate surface area is 602 Å². The first kappa shape index (κ1) is 74.2. The summed E-state index contributed by atoms with van der Waals surface area (Å²) >= 11 is 0. The van der Waals surface area contributed by atoms with E-state index in [4.69, 9.17) is 5.73 Å². The molecule has 0 saturated carbocycles. The summed E-state index contributed by atoms with van der Waals surface area (Å²) in [5.74, 6) is -3.25. The first-order chi connectivity index (χ1) is 48.2. The highest BCUT2D eigenvalue weighted by atomic mass is 32.2. The molecule has 0 radical (unpaired) electrons. The smallest absolute Gasteiger partial charge is 0.219 e. The van der Waals surface area contributed by atoms with E-state index in [2.05, 4.69) is 15.5 Å². The fourth-order valence-electron chi connectivity index (χ4n) is 15.6. The minimum atomic E-state index is -5.23. The van der Waals surface area contributed by atoms with Gasteiger partial charge in [-0.15, -0.1) is 0 Å². The molecule has 6 atom stereocenters. The van der Waals surface area contributed by atoms with Gasteiger partial charge in [-0.25, -0.2) is 51.5 Å². The van der Waals surface area contributed by atoms with Gasteiger partial charge >= 0.3 is 0 Å². The molecule has 0 saturated heterocycles. The maximum atomic E-state index is 17.2. The van der Waals surface area contributed by atoms with Crippen molar-refractivity contribution in [1.29, 1.82) is 5.26 Å². The van der Waals surface area contributed by atoms with Gasteiger partial charge in [0, 0.05) is 43.7 Å². The molecule has 8 aromatic rings. The lowest BCUT2D eigenvalue weighted by Gasteiger charge is -2.60. The minimum Gasteiger partial charge on any atom is -0.326 e. The van der Waals surface area contributed by atoms with Crippen LogP contribution >= 0.6 is 0 Å². The lowest BCUT2D eigenvalue weighted by atomic mass is 9.98. The van der Waals surface area contributed by atoms with Crippen LogP contribution < -0.4 is 15.2 Å². The van der Waals surface area contributed by atoms with Gasteiger partial charge in [0.15, 0.2) is 5.79 Å². The number of fused-ring (bicyclic) bond motifs is 4. The summed E-state index contributed by atoms with van der Waals surface area (Å²) in [5.41, 5.74) is 20.8. The fraction of sp³-hybridized carbons (Fsp3) is 0.367. The maximum absolute atomic E-state index is 17.2. The van der Waals surface area contributed by atoms with E-state index in [-0.39, 0.29) is 76.7 Å². The highest BCUT2D eigenvalue weighted by Gasteiger charge is 2.71. The van der Waals surface area contributed by atoms with Crippen LogP contribution in [0.1, 0.15) is 122 Å². The van der Waals surface area contributed by atoms with Gasteiger partial charge in [-0.3, -0.25) is 4.79 Å². The van der Waals surface area contributed by atoms with Crippen LogP contribution in [0.3, 0.4) is 0 Å². The number of rotatable bonds is 26. The van der Waals surface area contributed by atoms with Crippen LogP contribution in [0.5, 0.6) is 0 Å². The predicted molar refractivity (Wildman–Crippen MR) is 403 cm³/mol. The summed E-state index contributed by atoms with van der Waals surface area (Å²) in [5, 5.41) is 3.48. The van der Waals surface area contributed by atoms with Gasteiger partial charge in [-0.2, -0.15) is 18.2 Å². The number of hydrogen-bond donors (Lipinski definition) is 3. The number of nitrogens with zero attached hydrogens (tertiary/aromatic N) is 4. The third-order valence-corrected chi connectivity index (χ3v) is 30.2. The fourth-order valence-corrected chi connectivity index (χ4v) is 23.2. The zero-order chi connectivity index (χ0) is 73.2. The van der Waals surface area contributed by atoms with Crippen LogP contribution in [0.2, 0.25) is 0 Å². The number of benzene rings is 8. The Balaban J connectivity index is 1.10. The molecule has 0 amide bonds. The van der Waals surface area contributed by atoms with Crippen molar-refractivity contribution < 1.29 is 46.9 Å². The number of Topliss-reactive ketones (excluding diaryl/α,β-unsaturated/α-hetero) is 1. The molecule has 0 aliphatic heterocycles. The van der Waals surface area contributed by atoms with Gasteiger partial charge in [-0.05, 0) is 237 Å². The van der Waals surface area contributed by atoms with Gasteiger partial charge in [0.1, 0.15) is 11.0 Å². The average molecular weight is 1470 g/mol. The van der Waals surface area contributed by atoms with Gasteiger partial charge in [0.25, 0.3) is 0 Å². The van der Waals surface area contributed by atoms with Gasteiger partial charge in [0.05, 0.1) is 33.6 Å². The molecule has 0 fully saturated rings. The standard InChI is InChI=1S/C79H89N7O11S5/c1-50(2)100(92,93)84(76-41-68-27-23-64(36-72(68)44-76)59-18-10-14-55(31-59)30-53(7)87)79(85(101(94,95)51(3)4)77-42-69-28-24-65(37-73(69)45-77)60-19-11-15-56(32-60)47-80,86(102(96,97)52(5)6)78-43-70-29-25-66(38-74(70)46-78)61-20-12-16-57(33-61)48-81)54(8)99(90,91)83-75-39-67-26-22-63(35-71(67)40-75)62-21-13-17-58(34-62)49-82-98(9,88)89/h10-29,31-38,50-52,54,75-78,82-83H,30,39-47,49,80H2,1-9H3. The maximum Gasteiger partial charge on any atom is 0.219 e. The van der Waals surface area contributed by atoms with E-state index < -0.39 is 101 Å². The first-order valence-corrected chi connectivity index (χ1v) is 42.7. The summed E-state index contributed by atoms with van der Waals surface area (Å²) in [4.78, 5) is 12.4. The lowest BCUT2D eigenvalue weighted by molar-refractivity contribution is -0.116. The Kier molecular flexibility index (Phi) is 21.0. The van der Waals surface area contributed by atoms with E-state index in [0.29, 0.717) is 55.6 Å². The quantitative estimate of drug-likeness (QED) is 0.0426. The normalized spacial score (nSPS) is 18.6. The number of nitriles is 1. The second-order valence-corrected chi connectivity index (χ2v) is 39.8. The molecule has 12 rings (SSSR count). The summed E-state index contributed by atoms with van der Waals surface area (Å²) in [6, 6.07) is 50.0. The van der Waals surface area contributed by atoms with Gasteiger partial charge in [0.2, 0.25) is 50.1 Å². The molecule has 8 aromatic carbocycles. The van der Waals surface area contributed by atoms with E-state index in [0.717, 1.165) is 74.8 Å². The highest BCUT2D eigenvalue weighted by molar-refractivity contribution is 7.92. The Morgan fingerprint density at radius 2 is 0.794 bits per heavy atom. The molecule has 0 aromatic heterocycles. The molecule has 4 aliphatic rings. The van der Waals surface area contributed by atoms with Gasteiger partial charge < -0.3 is 5.73 Å². The third-order valence-electron chi connectivity index (χ3n) is 20.7.